The van der Waals surface area contributed by atoms with E-state index in [4.69, 9.17) is 0 Å². The number of thiazole rings is 1. The molecule has 0 aromatic carbocycles. The van der Waals surface area contributed by atoms with E-state index in [-0.39, 0.29) is 5.56 Å². The van der Waals surface area contributed by atoms with Gasteiger partial charge >= 0.3 is 0 Å². The Labute approximate surface area is 96.6 Å². The third-order valence-electron chi connectivity index (χ3n) is 2.03. The molecule has 0 amide bonds. The maximum Gasteiger partial charge on any atom is 0.251 e. The van der Waals surface area contributed by atoms with E-state index in [1.54, 1.807) is 5.51 Å². The summed E-state index contributed by atoms with van der Waals surface area (Å²) < 4.78 is 0. The van der Waals surface area contributed by atoms with Gasteiger partial charge in [-0.3, -0.25) is 4.79 Å². The standard InChI is InChI=1S/C10H12N4OS/c1-2-11-4-7-3-9(15)14-10(13-7)8-5-16-6-12-8/h3,5-6,11H,2,4H2,1H3,(H,13,14,15). The summed E-state index contributed by atoms with van der Waals surface area (Å²) in [4.78, 5) is 22.6. The first-order valence-corrected chi connectivity index (χ1v) is 5.93. The first kappa shape index (κ1) is 11.0. The summed E-state index contributed by atoms with van der Waals surface area (Å²) in [5.74, 6) is 0.529. The first-order chi connectivity index (χ1) is 7.79. The highest BCUT2D eigenvalue weighted by atomic mass is 32.1. The highest BCUT2D eigenvalue weighted by molar-refractivity contribution is 7.07. The second-order valence-corrected chi connectivity index (χ2v) is 3.96. The Hall–Kier alpha value is -1.53. The molecule has 5 nitrogen and oxygen atoms in total. The van der Waals surface area contributed by atoms with Crippen molar-refractivity contribution in [2.75, 3.05) is 6.54 Å². The molecule has 0 aliphatic rings. The van der Waals surface area contributed by atoms with E-state index in [2.05, 4.69) is 20.3 Å². The van der Waals surface area contributed by atoms with Crippen LogP contribution in [0.3, 0.4) is 0 Å². The summed E-state index contributed by atoms with van der Waals surface area (Å²) in [6, 6.07) is 1.50. The zero-order valence-corrected chi connectivity index (χ0v) is 9.67. The van der Waals surface area contributed by atoms with Crippen molar-refractivity contribution in [3.63, 3.8) is 0 Å². The Balaban J connectivity index is 2.33. The minimum atomic E-state index is -0.147. The smallest absolute Gasteiger partial charge is 0.251 e. The second kappa shape index (κ2) is 5.00. The molecule has 0 atom stereocenters. The number of hydrogen-bond donors (Lipinski definition) is 2. The Morgan fingerprint density at radius 1 is 1.56 bits per heavy atom. The quantitative estimate of drug-likeness (QED) is 0.831. The van der Waals surface area contributed by atoms with Gasteiger partial charge < -0.3 is 10.3 Å². The average molecular weight is 236 g/mol. The average Bonchev–Trinajstić information content (AvgIpc) is 2.79. The maximum absolute atomic E-state index is 11.4. The molecule has 0 saturated carbocycles. The number of rotatable bonds is 4. The maximum atomic E-state index is 11.4. The van der Waals surface area contributed by atoms with Crippen molar-refractivity contribution in [3.8, 4) is 11.5 Å². The third kappa shape index (κ3) is 2.53. The fourth-order valence-electron chi connectivity index (χ4n) is 1.30. The van der Waals surface area contributed by atoms with Gasteiger partial charge in [0.25, 0.3) is 5.56 Å². The highest BCUT2D eigenvalue weighted by Gasteiger charge is 2.05. The molecule has 2 N–H and O–H groups in total. The lowest BCUT2D eigenvalue weighted by atomic mass is 10.3. The van der Waals surface area contributed by atoms with Gasteiger partial charge in [0.1, 0.15) is 5.69 Å². The molecule has 2 heterocycles. The van der Waals surface area contributed by atoms with E-state index in [1.165, 1.54) is 17.4 Å². The lowest BCUT2D eigenvalue weighted by Crippen LogP contribution is -2.17. The predicted octanol–water partition coefficient (Wildman–Crippen LogP) is 1.00. The van der Waals surface area contributed by atoms with Gasteiger partial charge in [-0.15, -0.1) is 11.3 Å². The molecule has 0 aliphatic carbocycles. The van der Waals surface area contributed by atoms with Crippen LogP contribution in [-0.4, -0.2) is 21.5 Å². The topological polar surface area (TPSA) is 70.7 Å². The molecule has 2 rings (SSSR count). The summed E-state index contributed by atoms with van der Waals surface area (Å²) in [5.41, 5.74) is 3.01. The minimum absolute atomic E-state index is 0.147. The number of aromatic nitrogens is 3. The van der Waals surface area contributed by atoms with Gasteiger partial charge in [-0.25, -0.2) is 9.97 Å². The number of aromatic amines is 1. The van der Waals surface area contributed by atoms with Crippen LogP contribution < -0.4 is 10.9 Å². The molecular formula is C10H12N4OS. The monoisotopic (exact) mass is 236 g/mol. The molecule has 2 aromatic rings. The van der Waals surface area contributed by atoms with Crippen LogP contribution in [0.2, 0.25) is 0 Å². The molecule has 0 spiro atoms. The zero-order chi connectivity index (χ0) is 11.4. The summed E-state index contributed by atoms with van der Waals surface area (Å²) in [5, 5.41) is 4.99. The Morgan fingerprint density at radius 3 is 3.12 bits per heavy atom. The van der Waals surface area contributed by atoms with E-state index in [0.717, 1.165) is 12.2 Å². The van der Waals surface area contributed by atoms with Crippen LogP contribution >= 0.6 is 11.3 Å². The Bertz CT molecular complexity index is 506. The molecular weight excluding hydrogens is 224 g/mol. The van der Waals surface area contributed by atoms with E-state index < -0.39 is 0 Å². The molecule has 0 radical (unpaired) electrons. The van der Waals surface area contributed by atoms with Crippen molar-refractivity contribution in [2.24, 2.45) is 0 Å². The molecule has 0 fully saturated rings. The van der Waals surface area contributed by atoms with Gasteiger partial charge in [0, 0.05) is 18.0 Å². The predicted molar refractivity (Wildman–Crippen MR) is 63.3 cm³/mol. The van der Waals surface area contributed by atoms with Crippen molar-refractivity contribution >= 4 is 11.3 Å². The fraction of sp³-hybridized carbons (Fsp3) is 0.300. The largest absolute Gasteiger partial charge is 0.311 e. The minimum Gasteiger partial charge on any atom is -0.311 e. The van der Waals surface area contributed by atoms with Crippen molar-refractivity contribution in [1.29, 1.82) is 0 Å². The van der Waals surface area contributed by atoms with Crippen LogP contribution in [0.4, 0.5) is 0 Å². The molecule has 16 heavy (non-hydrogen) atoms. The Morgan fingerprint density at radius 2 is 2.44 bits per heavy atom. The number of nitrogens with one attached hydrogen (secondary N) is 2. The van der Waals surface area contributed by atoms with Crippen molar-refractivity contribution in [2.45, 2.75) is 13.5 Å². The zero-order valence-electron chi connectivity index (χ0n) is 8.86. The van der Waals surface area contributed by atoms with Gasteiger partial charge in [-0.05, 0) is 6.54 Å². The van der Waals surface area contributed by atoms with Crippen LogP contribution in [-0.2, 0) is 6.54 Å². The van der Waals surface area contributed by atoms with Crippen LogP contribution in [0, 0.1) is 0 Å². The first-order valence-electron chi connectivity index (χ1n) is 4.99. The van der Waals surface area contributed by atoms with Crippen LogP contribution in [0.1, 0.15) is 12.6 Å². The van der Waals surface area contributed by atoms with Crippen LogP contribution in [0.15, 0.2) is 21.8 Å². The van der Waals surface area contributed by atoms with Crippen LogP contribution in [0.5, 0.6) is 0 Å². The van der Waals surface area contributed by atoms with Gasteiger partial charge in [-0.1, -0.05) is 6.92 Å². The molecule has 84 valence electrons. The summed E-state index contributed by atoms with van der Waals surface area (Å²) in [7, 11) is 0. The molecule has 0 saturated heterocycles. The van der Waals surface area contributed by atoms with Gasteiger partial charge in [-0.2, -0.15) is 0 Å². The lowest BCUT2D eigenvalue weighted by Gasteiger charge is -2.02. The fourth-order valence-corrected chi connectivity index (χ4v) is 1.84. The van der Waals surface area contributed by atoms with E-state index in [1.807, 2.05) is 12.3 Å². The SMILES string of the molecule is CCNCc1cc(=O)[nH]c(-c2cscn2)n1. The molecule has 0 unspecified atom stereocenters. The summed E-state index contributed by atoms with van der Waals surface area (Å²) in [6.07, 6.45) is 0. The third-order valence-corrected chi connectivity index (χ3v) is 2.61. The van der Waals surface area contributed by atoms with Crippen molar-refractivity contribution in [1.82, 2.24) is 20.3 Å². The molecule has 0 aliphatic heterocycles. The van der Waals surface area contributed by atoms with Gasteiger partial charge in [0.15, 0.2) is 5.82 Å². The van der Waals surface area contributed by atoms with E-state index >= 15 is 0 Å². The van der Waals surface area contributed by atoms with Gasteiger partial charge in [0.05, 0.1) is 11.2 Å². The van der Waals surface area contributed by atoms with Crippen LogP contribution in [0.25, 0.3) is 11.5 Å². The Kier molecular flexibility index (Phi) is 3.43. The second-order valence-electron chi connectivity index (χ2n) is 3.24. The van der Waals surface area contributed by atoms with E-state index in [0.29, 0.717) is 18.1 Å². The van der Waals surface area contributed by atoms with Crippen molar-refractivity contribution in [3.05, 3.63) is 33.0 Å². The molecule has 2 aromatic heterocycles. The van der Waals surface area contributed by atoms with E-state index in [9.17, 15) is 4.79 Å². The van der Waals surface area contributed by atoms with Gasteiger partial charge in [0.2, 0.25) is 0 Å². The number of hydrogen-bond acceptors (Lipinski definition) is 5. The molecule has 6 heteroatoms. The summed E-state index contributed by atoms with van der Waals surface area (Å²) >= 11 is 1.48. The summed E-state index contributed by atoms with van der Waals surface area (Å²) in [6.45, 7) is 3.45. The molecule has 0 bridgehead atoms. The number of H-pyrrole nitrogens is 1. The normalized spacial score (nSPS) is 10.6. The highest BCUT2D eigenvalue weighted by Crippen LogP contribution is 2.12. The number of nitrogens with zero attached hydrogens (tertiary/aromatic N) is 2. The lowest BCUT2D eigenvalue weighted by molar-refractivity contribution is 0.707. The van der Waals surface area contributed by atoms with Crippen molar-refractivity contribution < 1.29 is 0 Å².